The highest BCUT2D eigenvalue weighted by atomic mass is 35.5. The van der Waals surface area contributed by atoms with Crippen molar-refractivity contribution in [1.29, 1.82) is 0 Å². The van der Waals surface area contributed by atoms with Crippen molar-refractivity contribution in [2.45, 2.75) is 39.2 Å². The monoisotopic (exact) mass is 384 g/mol. The van der Waals surface area contributed by atoms with Crippen molar-refractivity contribution in [3.05, 3.63) is 64.7 Å². The molecule has 1 aliphatic heterocycles. The van der Waals surface area contributed by atoms with Gasteiger partial charge in [0.15, 0.2) is 0 Å². The van der Waals surface area contributed by atoms with Gasteiger partial charge in [0.25, 0.3) is 0 Å². The van der Waals surface area contributed by atoms with E-state index in [1.807, 2.05) is 67.3 Å². The lowest BCUT2D eigenvalue weighted by Gasteiger charge is -2.21. The molecule has 1 atom stereocenters. The zero-order valence-corrected chi connectivity index (χ0v) is 16.5. The molecule has 3 rings (SSSR count). The molecule has 27 heavy (non-hydrogen) atoms. The Balaban J connectivity index is 1.73. The number of hydrogen-bond donors (Lipinski definition) is 1. The summed E-state index contributed by atoms with van der Waals surface area (Å²) in [7, 11) is 0. The minimum absolute atomic E-state index is 0.0401. The van der Waals surface area contributed by atoms with Gasteiger partial charge in [0.1, 0.15) is 0 Å². The van der Waals surface area contributed by atoms with Crippen LogP contribution in [0.2, 0.25) is 5.02 Å². The Kier molecular flexibility index (Phi) is 6.17. The lowest BCUT2D eigenvalue weighted by Crippen LogP contribution is -2.25. The molecule has 142 valence electrons. The van der Waals surface area contributed by atoms with Crippen molar-refractivity contribution < 1.29 is 9.59 Å². The van der Waals surface area contributed by atoms with Gasteiger partial charge in [-0.05, 0) is 47.7 Å². The molecule has 2 aromatic carbocycles. The molecule has 1 fully saturated rings. The van der Waals surface area contributed by atoms with Gasteiger partial charge >= 0.3 is 0 Å². The van der Waals surface area contributed by atoms with Gasteiger partial charge in [-0.2, -0.15) is 0 Å². The van der Waals surface area contributed by atoms with E-state index >= 15 is 0 Å². The lowest BCUT2D eigenvalue weighted by atomic mass is 9.87. The number of nitrogens with one attached hydrogen (secondary N) is 1. The summed E-state index contributed by atoms with van der Waals surface area (Å²) in [4.78, 5) is 26.6. The van der Waals surface area contributed by atoms with Crippen LogP contribution in [0.4, 0.5) is 5.69 Å². The lowest BCUT2D eigenvalue weighted by molar-refractivity contribution is -0.128. The highest BCUT2D eigenvalue weighted by Gasteiger charge is 2.24. The number of halogens is 1. The first-order chi connectivity index (χ1) is 12.9. The molecular weight excluding hydrogens is 360 g/mol. The Morgan fingerprint density at radius 2 is 1.93 bits per heavy atom. The van der Waals surface area contributed by atoms with Gasteiger partial charge in [0.05, 0.1) is 5.92 Å². The second-order valence-electron chi connectivity index (χ2n) is 7.38. The summed E-state index contributed by atoms with van der Waals surface area (Å²) < 4.78 is 0. The number of likely N-dealkylation sites (tertiary alicyclic amines) is 1. The molecule has 1 saturated heterocycles. The van der Waals surface area contributed by atoms with E-state index in [0.29, 0.717) is 18.0 Å². The molecule has 0 aliphatic carbocycles. The van der Waals surface area contributed by atoms with E-state index < -0.39 is 0 Å². The number of anilines is 1. The highest BCUT2D eigenvalue weighted by molar-refractivity contribution is 6.30. The normalized spacial score (nSPS) is 15.3. The van der Waals surface area contributed by atoms with Crippen molar-refractivity contribution in [3.63, 3.8) is 0 Å². The quantitative estimate of drug-likeness (QED) is 0.774. The summed E-state index contributed by atoms with van der Waals surface area (Å²) in [6.07, 6.45) is 1.56. The smallest absolute Gasteiger partial charge is 0.232 e. The summed E-state index contributed by atoms with van der Waals surface area (Å²) >= 11 is 5.97. The number of carbonyl (C=O) groups excluding carboxylic acids is 2. The Morgan fingerprint density at radius 3 is 2.56 bits per heavy atom. The highest BCUT2D eigenvalue weighted by Crippen LogP contribution is 2.27. The largest absolute Gasteiger partial charge is 0.338 e. The fourth-order valence-electron chi connectivity index (χ4n) is 3.57. The van der Waals surface area contributed by atoms with E-state index in [2.05, 4.69) is 5.32 Å². The molecule has 5 heteroatoms. The molecule has 1 aliphatic rings. The van der Waals surface area contributed by atoms with Crippen molar-refractivity contribution in [2.75, 3.05) is 11.9 Å². The van der Waals surface area contributed by atoms with E-state index in [1.165, 1.54) is 0 Å². The van der Waals surface area contributed by atoms with Crippen LogP contribution in [-0.2, 0) is 16.1 Å². The summed E-state index contributed by atoms with van der Waals surface area (Å²) in [5.41, 5.74) is 2.73. The molecule has 1 unspecified atom stereocenters. The van der Waals surface area contributed by atoms with Crippen LogP contribution >= 0.6 is 11.6 Å². The summed E-state index contributed by atoms with van der Waals surface area (Å²) in [5.74, 6) is 0.0523. The minimum Gasteiger partial charge on any atom is -0.338 e. The molecule has 0 bridgehead atoms. The number of amides is 2. The Morgan fingerprint density at radius 1 is 1.19 bits per heavy atom. The number of rotatable bonds is 6. The van der Waals surface area contributed by atoms with Gasteiger partial charge in [0.2, 0.25) is 11.8 Å². The molecule has 0 aromatic heterocycles. The summed E-state index contributed by atoms with van der Waals surface area (Å²) in [6, 6.07) is 15.2. The van der Waals surface area contributed by atoms with Crippen LogP contribution in [0.1, 0.15) is 43.7 Å². The maximum Gasteiger partial charge on any atom is 0.232 e. The van der Waals surface area contributed by atoms with Crippen LogP contribution < -0.4 is 5.32 Å². The average molecular weight is 385 g/mol. The van der Waals surface area contributed by atoms with Crippen LogP contribution in [0, 0.1) is 5.92 Å². The number of benzene rings is 2. The van der Waals surface area contributed by atoms with Crippen molar-refractivity contribution in [3.8, 4) is 0 Å². The van der Waals surface area contributed by atoms with Crippen LogP contribution in [0.15, 0.2) is 48.5 Å². The topological polar surface area (TPSA) is 49.4 Å². The van der Waals surface area contributed by atoms with Gasteiger partial charge in [-0.25, -0.2) is 0 Å². The van der Waals surface area contributed by atoms with Crippen molar-refractivity contribution in [2.24, 2.45) is 5.92 Å². The van der Waals surface area contributed by atoms with Crippen LogP contribution in [0.3, 0.4) is 0 Å². The molecule has 2 aromatic rings. The Labute approximate surface area is 165 Å². The fourth-order valence-corrected chi connectivity index (χ4v) is 3.69. The molecular formula is C22H25ClN2O2. The number of carbonyl (C=O) groups is 2. The first-order valence-corrected chi connectivity index (χ1v) is 9.75. The molecule has 2 amide bonds. The van der Waals surface area contributed by atoms with Gasteiger partial charge in [-0.1, -0.05) is 49.7 Å². The predicted octanol–water partition coefficient (Wildman–Crippen LogP) is 4.84. The third kappa shape index (κ3) is 4.89. The minimum atomic E-state index is -0.258. The van der Waals surface area contributed by atoms with Gasteiger partial charge in [0, 0.05) is 30.2 Å². The Hall–Kier alpha value is -2.33. The van der Waals surface area contributed by atoms with Crippen LogP contribution in [-0.4, -0.2) is 23.3 Å². The SMILES string of the molecule is CC(C)C(C(=O)Nc1cccc(CN2CCCC2=O)c1)c1ccc(Cl)cc1. The Bertz CT molecular complexity index is 817. The first-order valence-electron chi connectivity index (χ1n) is 9.37. The third-order valence-corrected chi connectivity index (χ3v) is 5.17. The third-order valence-electron chi connectivity index (χ3n) is 4.92. The summed E-state index contributed by atoms with van der Waals surface area (Å²) in [5, 5.41) is 3.70. The van der Waals surface area contributed by atoms with E-state index in [0.717, 1.165) is 29.8 Å². The molecule has 4 nitrogen and oxygen atoms in total. The molecule has 0 spiro atoms. The molecule has 0 saturated carbocycles. The first kappa shape index (κ1) is 19.4. The van der Waals surface area contributed by atoms with Crippen LogP contribution in [0.5, 0.6) is 0 Å². The van der Waals surface area contributed by atoms with E-state index in [1.54, 1.807) is 0 Å². The van der Waals surface area contributed by atoms with E-state index in [9.17, 15) is 9.59 Å². The number of hydrogen-bond acceptors (Lipinski definition) is 2. The summed E-state index contributed by atoms with van der Waals surface area (Å²) in [6.45, 7) is 5.47. The van der Waals surface area contributed by atoms with Gasteiger partial charge in [-0.3, -0.25) is 9.59 Å². The maximum absolute atomic E-state index is 12.9. The van der Waals surface area contributed by atoms with Crippen molar-refractivity contribution in [1.82, 2.24) is 4.90 Å². The van der Waals surface area contributed by atoms with Crippen LogP contribution in [0.25, 0.3) is 0 Å². The maximum atomic E-state index is 12.9. The molecule has 0 radical (unpaired) electrons. The van der Waals surface area contributed by atoms with Crippen molar-refractivity contribution >= 4 is 29.1 Å². The second-order valence-corrected chi connectivity index (χ2v) is 7.82. The average Bonchev–Trinajstić information content (AvgIpc) is 3.01. The zero-order valence-electron chi connectivity index (χ0n) is 15.7. The zero-order chi connectivity index (χ0) is 19.4. The van der Waals surface area contributed by atoms with Gasteiger partial charge < -0.3 is 10.2 Å². The number of nitrogens with zero attached hydrogens (tertiary/aromatic N) is 1. The van der Waals surface area contributed by atoms with Gasteiger partial charge in [-0.15, -0.1) is 0 Å². The van der Waals surface area contributed by atoms with E-state index in [4.69, 9.17) is 11.6 Å². The molecule has 1 heterocycles. The van der Waals surface area contributed by atoms with E-state index in [-0.39, 0.29) is 23.7 Å². The fraction of sp³-hybridized carbons (Fsp3) is 0.364. The molecule has 1 N–H and O–H groups in total. The second kappa shape index (κ2) is 8.57. The standard InChI is InChI=1S/C22H25ClN2O2/c1-15(2)21(17-8-10-18(23)11-9-17)22(27)24-19-6-3-5-16(13-19)14-25-12-4-7-20(25)26/h3,5-6,8-11,13,15,21H,4,7,12,14H2,1-2H3,(H,24,27). The predicted molar refractivity (Wildman–Crippen MR) is 109 cm³/mol.